The first-order valence-corrected chi connectivity index (χ1v) is 8.30. The summed E-state index contributed by atoms with van der Waals surface area (Å²) in [5, 5.41) is 0. The molecule has 0 N–H and O–H groups in total. The zero-order chi connectivity index (χ0) is 13.1. The maximum Gasteiger partial charge on any atom is 0.302 e. The predicted molar refractivity (Wildman–Crippen MR) is 77.4 cm³/mol. The highest BCUT2D eigenvalue weighted by Crippen LogP contribution is 2.21. The van der Waals surface area contributed by atoms with Gasteiger partial charge in [0.2, 0.25) is 0 Å². The number of rotatable bonds is 8. The van der Waals surface area contributed by atoms with E-state index in [1.165, 1.54) is 12.5 Å². The predicted octanol–water partition coefficient (Wildman–Crippen LogP) is 3.62. The second kappa shape index (κ2) is 10.9. The van der Waals surface area contributed by atoms with Gasteiger partial charge >= 0.3 is 5.97 Å². The molecule has 0 spiro atoms. The minimum atomic E-state index is -0.232. The molecule has 0 aromatic heterocycles. The van der Waals surface area contributed by atoms with Crippen LogP contribution in [0.1, 0.15) is 33.6 Å². The van der Waals surface area contributed by atoms with Gasteiger partial charge in [0.1, 0.15) is 6.61 Å². The van der Waals surface area contributed by atoms with Crippen molar-refractivity contribution in [2.75, 3.05) is 13.2 Å². The summed E-state index contributed by atoms with van der Waals surface area (Å²) in [6.07, 6.45) is 6.20. The summed E-state index contributed by atoms with van der Waals surface area (Å²) < 4.78 is 10.1. The standard InChI is InChI=1S/C12H22O3P2/c1-10(7-8-15-17-16)5-4-6-11(2)9-14-12(3)13/h6-7,17H,4-5,8-9,16H2,1-3H3. The molecule has 0 saturated heterocycles. The smallest absolute Gasteiger partial charge is 0.302 e. The summed E-state index contributed by atoms with van der Waals surface area (Å²) in [4.78, 5) is 10.6. The lowest BCUT2D eigenvalue weighted by molar-refractivity contribution is -0.139. The van der Waals surface area contributed by atoms with E-state index in [0.29, 0.717) is 21.7 Å². The van der Waals surface area contributed by atoms with Gasteiger partial charge < -0.3 is 9.26 Å². The van der Waals surface area contributed by atoms with Crippen LogP contribution in [0.25, 0.3) is 0 Å². The molecule has 98 valence electrons. The molecule has 2 atom stereocenters. The van der Waals surface area contributed by atoms with Crippen molar-refractivity contribution in [2.45, 2.75) is 33.6 Å². The van der Waals surface area contributed by atoms with E-state index in [1.54, 1.807) is 0 Å². The Hall–Kier alpha value is -0.230. The highest BCUT2D eigenvalue weighted by atomic mass is 32.0. The maximum atomic E-state index is 10.6. The topological polar surface area (TPSA) is 35.5 Å². The summed E-state index contributed by atoms with van der Waals surface area (Å²) in [5.74, 6) is -0.232. The number of ether oxygens (including phenoxy) is 1. The van der Waals surface area contributed by atoms with Crippen molar-refractivity contribution < 1.29 is 14.1 Å². The van der Waals surface area contributed by atoms with E-state index in [2.05, 4.69) is 28.0 Å². The third kappa shape index (κ3) is 12.0. The van der Waals surface area contributed by atoms with Crippen LogP contribution in [0, 0.1) is 0 Å². The third-order valence-electron chi connectivity index (χ3n) is 2.13. The highest BCUT2D eigenvalue weighted by molar-refractivity contribution is 8.00. The Balaban J connectivity index is 3.76. The number of carbonyl (C=O) groups excluding carboxylic acids is 1. The average Bonchev–Trinajstić information content (AvgIpc) is 2.27. The van der Waals surface area contributed by atoms with Crippen LogP contribution in [-0.4, -0.2) is 19.2 Å². The molecule has 0 fully saturated rings. The van der Waals surface area contributed by atoms with Crippen LogP contribution in [0.2, 0.25) is 0 Å². The van der Waals surface area contributed by atoms with Crippen LogP contribution in [0.5, 0.6) is 0 Å². The molecular formula is C12H22O3P2. The minimum absolute atomic E-state index is 0.232. The SMILES string of the molecule is CC(=O)OCC(C)=CCCC(C)=CCOPP. The molecule has 0 rings (SSSR count). The van der Waals surface area contributed by atoms with Gasteiger partial charge in [0.25, 0.3) is 0 Å². The fraction of sp³-hybridized carbons (Fsp3) is 0.583. The molecule has 0 aliphatic carbocycles. The molecule has 0 aliphatic heterocycles. The summed E-state index contributed by atoms with van der Waals surface area (Å²) in [7, 11) is 3.02. The van der Waals surface area contributed by atoms with Crippen molar-refractivity contribution in [3.05, 3.63) is 23.3 Å². The van der Waals surface area contributed by atoms with Crippen LogP contribution in [0.4, 0.5) is 0 Å². The van der Waals surface area contributed by atoms with Crippen LogP contribution < -0.4 is 0 Å². The molecule has 0 amide bonds. The number of hydrogen-bond acceptors (Lipinski definition) is 3. The summed E-state index contributed by atoms with van der Waals surface area (Å²) in [6.45, 7) is 6.58. The van der Waals surface area contributed by atoms with Crippen LogP contribution in [-0.2, 0) is 14.1 Å². The van der Waals surface area contributed by atoms with E-state index in [-0.39, 0.29) is 5.97 Å². The van der Waals surface area contributed by atoms with Crippen molar-refractivity contribution in [1.82, 2.24) is 0 Å². The first-order valence-electron chi connectivity index (χ1n) is 5.58. The van der Waals surface area contributed by atoms with E-state index >= 15 is 0 Å². The van der Waals surface area contributed by atoms with E-state index < -0.39 is 0 Å². The van der Waals surface area contributed by atoms with Gasteiger partial charge in [-0.25, -0.2) is 0 Å². The molecule has 0 aromatic rings. The van der Waals surface area contributed by atoms with Gasteiger partial charge in [-0.1, -0.05) is 26.7 Å². The van der Waals surface area contributed by atoms with Gasteiger partial charge in [0, 0.05) is 15.4 Å². The van der Waals surface area contributed by atoms with Gasteiger partial charge in [-0.05, 0) is 32.3 Å². The largest absolute Gasteiger partial charge is 0.461 e. The molecule has 0 radical (unpaired) electrons. The second-order valence-electron chi connectivity index (χ2n) is 3.85. The third-order valence-corrected chi connectivity index (χ3v) is 2.97. The summed E-state index contributed by atoms with van der Waals surface area (Å²) >= 11 is 0. The molecule has 0 aliphatic rings. The quantitative estimate of drug-likeness (QED) is 0.294. The zero-order valence-electron chi connectivity index (χ0n) is 10.8. The fourth-order valence-corrected chi connectivity index (χ4v) is 1.62. The lowest BCUT2D eigenvalue weighted by Gasteiger charge is -2.03. The summed E-state index contributed by atoms with van der Waals surface area (Å²) in [6, 6.07) is 0. The molecule has 0 bridgehead atoms. The van der Waals surface area contributed by atoms with Crippen molar-refractivity contribution in [2.24, 2.45) is 0 Å². The maximum absolute atomic E-state index is 10.6. The Bertz CT molecular complexity index is 285. The zero-order valence-corrected chi connectivity index (χ0v) is 12.9. The lowest BCUT2D eigenvalue weighted by atomic mass is 10.1. The fourth-order valence-electron chi connectivity index (χ4n) is 1.15. The molecule has 2 unspecified atom stereocenters. The average molecular weight is 276 g/mol. The van der Waals surface area contributed by atoms with E-state index in [4.69, 9.17) is 9.26 Å². The van der Waals surface area contributed by atoms with Crippen molar-refractivity contribution in [1.29, 1.82) is 0 Å². The first kappa shape index (κ1) is 16.8. The first-order chi connectivity index (χ1) is 8.06. The Kier molecular flexibility index (Phi) is 10.7. The van der Waals surface area contributed by atoms with Crippen molar-refractivity contribution in [3.63, 3.8) is 0 Å². The molecule has 17 heavy (non-hydrogen) atoms. The molecular weight excluding hydrogens is 254 g/mol. The van der Waals surface area contributed by atoms with Crippen LogP contribution in [0.15, 0.2) is 23.3 Å². The van der Waals surface area contributed by atoms with E-state index in [0.717, 1.165) is 18.4 Å². The molecule has 5 heteroatoms. The Morgan fingerprint density at radius 3 is 2.53 bits per heavy atom. The van der Waals surface area contributed by atoms with Crippen molar-refractivity contribution in [3.8, 4) is 0 Å². The van der Waals surface area contributed by atoms with Crippen LogP contribution >= 0.6 is 17.4 Å². The van der Waals surface area contributed by atoms with Gasteiger partial charge in [-0.15, -0.1) is 0 Å². The molecule has 0 heterocycles. The number of hydrogen-bond donors (Lipinski definition) is 0. The number of allylic oxidation sites excluding steroid dienone is 2. The van der Waals surface area contributed by atoms with Gasteiger partial charge in [-0.2, -0.15) is 0 Å². The Morgan fingerprint density at radius 1 is 1.24 bits per heavy atom. The monoisotopic (exact) mass is 276 g/mol. The molecule has 0 aromatic carbocycles. The molecule has 0 saturated carbocycles. The van der Waals surface area contributed by atoms with Crippen molar-refractivity contribution >= 4 is 23.4 Å². The summed E-state index contributed by atoms with van der Waals surface area (Å²) in [5.41, 5.74) is 2.42. The molecule has 3 nitrogen and oxygen atoms in total. The van der Waals surface area contributed by atoms with Gasteiger partial charge in [-0.3, -0.25) is 4.79 Å². The minimum Gasteiger partial charge on any atom is -0.461 e. The van der Waals surface area contributed by atoms with E-state index in [9.17, 15) is 4.79 Å². The van der Waals surface area contributed by atoms with Gasteiger partial charge in [0.15, 0.2) is 0 Å². The van der Waals surface area contributed by atoms with Crippen LogP contribution in [0.3, 0.4) is 0 Å². The van der Waals surface area contributed by atoms with Gasteiger partial charge in [0.05, 0.1) is 6.61 Å². The Morgan fingerprint density at radius 2 is 1.94 bits per heavy atom. The number of esters is 1. The van der Waals surface area contributed by atoms with E-state index in [1.807, 2.05) is 6.92 Å². The second-order valence-corrected chi connectivity index (χ2v) is 5.08. The Labute approximate surface area is 108 Å². The lowest BCUT2D eigenvalue weighted by Crippen LogP contribution is -2.01. The highest BCUT2D eigenvalue weighted by Gasteiger charge is 1.94. The normalized spacial score (nSPS) is 13.4. The number of carbonyl (C=O) groups is 1.